The number of rotatable bonds is 5. The summed E-state index contributed by atoms with van der Waals surface area (Å²) < 4.78 is 56.0. The van der Waals surface area contributed by atoms with Crippen molar-refractivity contribution < 1.29 is 27.1 Å². The second-order valence-corrected chi connectivity index (χ2v) is 9.60. The number of amides is 1. The molecule has 0 bridgehead atoms. The lowest BCUT2D eigenvalue weighted by atomic mass is 10.1. The molecule has 1 saturated heterocycles. The normalized spacial score (nSPS) is 16.7. The molecule has 160 valence electrons. The number of carbonyl (C=O) groups excluding carboxylic acids is 1. The van der Waals surface area contributed by atoms with Crippen LogP contribution in [0, 0.1) is 11.6 Å². The Labute approximate surface area is 177 Å². The van der Waals surface area contributed by atoms with Gasteiger partial charge < -0.3 is 10.0 Å². The van der Waals surface area contributed by atoms with Gasteiger partial charge in [0.1, 0.15) is 16.5 Å². The number of phenolic OH excluding ortho intramolecular Hbond substituents is 1. The summed E-state index contributed by atoms with van der Waals surface area (Å²) in [4.78, 5) is 13.5. The van der Waals surface area contributed by atoms with Gasteiger partial charge in [0.15, 0.2) is 5.75 Å². The van der Waals surface area contributed by atoms with Crippen molar-refractivity contribution in [1.82, 2.24) is 4.90 Å². The molecule has 4 rings (SSSR count). The van der Waals surface area contributed by atoms with E-state index in [0.29, 0.717) is 19.2 Å². The highest BCUT2D eigenvalue weighted by atomic mass is 35.5. The zero-order valence-electron chi connectivity index (χ0n) is 15.8. The fourth-order valence-corrected chi connectivity index (χ4v) is 5.03. The van der Waals surface area contributed by atoms with Gasteiger partial charge >= 0.3 is 0 Å². The Hall–Kier alpha value is -2.39. The van der Waals surface area contributed by atoms with Crippen molar-refractivity contribution in [2.75, 3.05) is 17.8 Å². The van der Waals surface area contributed by atoms with Crippen LogP contribution in [0.2, 0.25) is 5.02 Å². The predicted molar refractivity (Wildman–Crippen MR) is 107 cm³/mol. The number of carbonyl (C=O) groups is 1. The first kappa shape index (κ1) is 20.9. The highest BCUT2D eigenvalue weighted by Crippen LogP contribution is 2.43. The van der Waals surface area contributed by atoms with E-state index in [-0.39, 0.29) is 22.1 Å². The van der Waals surface area contributed by atoms with Gasteiger partial charge in [0.05, 0.1) is 10.7 Å². The van der Waals surface area contributed by atoms with Crippen molar-refractivity contribution in [2.24, 2.45) is 0 Å². The van der Waals surface area contributed by atoms with E-state index in [4.69, 9.17) is 11.6 Å². The molecule has 30 heavy (non-hydrogen) atoms. The molecule has 1 saturated carbocycles. The molecular formula is C20H19ClF2N2O4S. The van der Waals surface area contributed by atoms with Gasteiger partial charge in [-0.1, -0.05) is 11.6 Å². The molecule has 6 nitrogen and oxygen atoms in total. The number of benzene rings is 2. The van der Waals surface area contributed by atoms with Gasteiger partial charge in [0.2, 0.25) is 0 Å². The van der Waals surface area contributed by atoms with Crippen LogP contribution in [0.15, 0.2) is 29.2 Å². The molecule has 0 aromatic heterocycles. The second kappa shape index (κ2) is 7.70. The number of phenols is 1. The smallest absolute Gasteiger partial charge is 0.265 e. The predicted octanol–water partition coefficient (Wildman–Crippen LogP) is 4.24. The highest BCUT2D eigenvalue weighted by molar-refractivity contribution is 7.92. The molecule has 1 aliphatic heterocycles. The maximum atomic E-state index is 14.2. The van der Waals surface area contributed by atoms with Crippen molar-refractivity contribution >= 4 is 33.2 Å². The molecule has 1 aliphatic carbocycles. The quantitative estimate of drug-likeness (QED) is 0.704. The average molecular weight is 457 g/mol. The highest BCUT2D eigenvalue weighted by Gasteiger charge is 2.30. The maximum absolute atomic E-state index is 14.2. The third-order valence-corrected chi connectivity index (χ3v) is 6.97. The molecule has 2 aromatic rings. The Morgan fingerprint density at radius 3 is 2.40 bits per heavy atom. The second-order valence-electron chi connectivity index (χ2n) is 7.54. The van der Waals surface area contributed by atoms with Crippen molar-refractivity contribution in [1.29, 1.82) is 0 Å². The fraction of sp³-hybridized carbons (Fsp3) is 0.350. The maximum Gasteiger partial charge on any atom is 0.265 e. The first-order valence-electron chi connectivity index (χ1n) is 9.51. The molecule has 2 N–H and O–H groups in total. The van der Waals surface area contributed by atoms with Gasteiger partial charge in [0.25, 0.3) is 15.9 Å². The largest absolute Gasteiger partial charge is 0.505 e. The van der Waals surface area contributed by atoms with E-state index in [9.17, 15) is 27.1 Å². The van der Waals surface area contributed by atoms with Crippen LogP contribution in [0.1, 0.15) is 47.5 Å². The lowest BCUT2D eigenvalue weighted by molar-refractivity contribution is 0.0792. The molecule has 1 amide bonds. The van der Waals surface area contributed by atoms with Crippen LogP contribution in [-0.4, -0.2) is 37.4 Å². The number of anilines is 1. The summed E-state index contributed by atoms with van der Waals surface area (Å²) in [6.45, 7) is 1.09. The number of halogens is 3. The van der Waals surface area contributed by atoms with Crippen molar-refractivity contribution in [2.45, 2.75) is 36.5 Å². The number of nitrogens with one attached hydrogen (secondary N) is 1. The number of hydrogen-bond donors (Lipinski definition) is 2. The molecule has 0 unspecified atom stereocenters. The van der Waals surface area contributed by atoms with Crippen molar-refractivity contribution in [3.05, 3.63) is 52.0 Å². The van der Waals surface area contributed by atoms with Gasteiger partial charge in [-0.25, -0.2) is 17.2 Å². The van der Waals surface area contributed by atoms with Gasteiger partial charge in [-0.15, -0.1) is 0 Å². The van der Waals surface area contributed by atoms with Crippen LogP contribution in [0.3, 0.4) is 0 Å². The molecule has 0 radical (unpaired) electrons. The fourth-order valence-electron chi connectivity index (χ4n) is 3.56. The summed E-state index contributed by atoms with van der Waals surface area (Å²) in [6, 6.07) is 3.96. The number of nitrogens with zero attached hydrogens (tertiary/aromatic N) is 1. The van der Waals surface area contributed by atoms with E-state index in [1.807, 2.05) is 4.72 Å². The third-order valence-electron chi connectivity index (χ3n) is 5.31. The SMILES string of the molecule is O=C(c1cc(Cl)c(O)c(S(=O)(=O)Nc2cc(C3CC3)c(F)cc2F)c1)N1CCCC1. The van der Waals surface area contributed by atoms with E-state index >= 15 is 0 Å². The Morgan fingerprint density at radius 2 is 1.77 bits per heavy atom. The minimum absolute atomic E-state index is 0.00155. The number of hydrogen-bond acceptors (Lipinski definition) is 4. The standard InChI is InChI=1S/C20H19ClF2N2O4S/c21-14-7-12(20(27)25-5-1-2-6-25)8-18(19(14)26)30(28,29)24-17-9-13(11-3-4-11)15(22)10-16(17)23/h7-11,24,26H,1-6H2. The van der Waals surface area contributed by atoms with Crippen molar-refractivity contribution in [3.8, 4) is 5.75 Å². The third kappa shape index (κ3) is 3.96. The molecule has 2 aliphatic rings. The Morgan fingerprint density at radius 1 is 1.10 bits per heavy atom. The first-order chi connectivity index (χ1) is 14.2. The molecule has 2 fully saturated rings. The van der Waals surface area contributed by atoms with E-state index < -0.39 is 43.9 Å². The number of aromatic hydroxyl groups is 1. The van der Waals surface area contributed by atoms with Crippen LogP contribution in [0.25, 0.3) is 0 Å². The Balaban J connectivity index is 1.70. The number of sulfonamides is 1. The Kier molecular flexibility index (Phi) is 5.36. The van der Waals surface area contributed by atoms with Gasteiger partial charge in [-0.3, -0.25) is 9.52 Å². The molecule has 0 spiro atoms. The van der Waals surface area contributed by atoms with Gasteiger partial charge in [-0.2, -0.15) is 0 Å². The minimum Gasteiger partial charge on any atom is -0.505 e. The van der Waals surface area contributed by atoms with Gasteiger partial charge in [-0.05, 0) is 55.4 Å². The lowest BCUT2D eigenvalue weighted by Crippen LogP contribution is -2.28. The summed E-state index contributed by atoms with van der Waals surface area (Å²) in [6.07, 6.45) is 3.17. The summed E-state index contributed by atoms with van der Waals surface area (Å²) in [7, 11) is -4.52. The summed E-state index contributed by atoms with van der Waals surface area (Å²) >= 11 is 5.97. The minimum atomic E-state index is -4.52. The van der Waals surface area contributed by atoms with Crippen molar-refractivity contribution in [3.63, 3.8) is 0 Å². The van der Waals surface area contributed by atoms with E-state index in [1.165, 1.54) is 6.07 Å². The zero-order chi connectivity index (χ0) is 21.6. The first-order valence-corrected chi connectivity index (χ1v) is 11.4. The summed E-state index contributed by atoms with van der Waals surface area (Å²) in [5.41, 5.74) is -0.210. The van der Waals surface area contributed by atoms with E-state index in [2.05, 4.69) is 0 Å². The summed E-state index contributed by atoms with van der Waals surface area (Å²) in [5, 5.41) is 9.90. The molecular weight excluding hydrogens is 438 g/mol. The van der Waals surface area contributed by atoms with Crippen LogP contribution in [-0.2, 0) is 10.0 Å². The molecule has 2 aromatic carbocycles. The molecule has 0 atom stereocenters. The zero-order valence-corrected chi connectivity index (χ0v) is 17.4. The Bertz CT molecular complexity index is 1130. The molecule has 10 heteroatoms. The monoisotopic (exact) mass is 456 g/mol. The van der Waals surface area contributed by atoms with Gasteiger partial charge in [0, 0.05) is 24.7 Å². The van der Waals surface area contributed by atoms with Crippen LogP contribution < -0.4 is 4.72 Å². The van der Waals surface area contributed by atoms with Crippen LogP contribution in [0.5, 0.6) is 5.75 Å². The topological polar surface area (TPSA) is 86.7 Å². The molecule has 1 heterocycles. The van der Waals surface area contributed by atoms with E-state index in [0.717, 1.165) is 37.8 Å². The number of likely N-dealkylation sites (tertiary alicyclic amines) is 1. The van der Waals surface area contributed by atoms with Crippen LogP contribution >= 0.6 is 11.6 Å². The lowest BCUT2D eigenvalue weighted by Gasteiger charge is -2.17. The average Bonchev–Trinajstić information content (AvgIpc) is 3.38. The summed E-state index contributed by atoms with van der Waals surface area (Å²) in [5.74, 6) is -3.06. The van der Waals surface area contributed by atoms with E-state index in [1.54, 1.807) is 4.90 Å². The van der Waals surface area contributed by atoms with Crippen LogP contribution in [0.4, 0.5) is 14.5 Å².